The van der Waals surface area contributed by atoms with E-state index in [2.05, 4.69) is 72.8 Å². The van der Waals surface area contributed by atoms with E-state index in [1.165, 1.54) is 11.1 Å². The van der Waals surface area contributed by atoms with E-state index in [0.29, 0.717) is 33.0 Å². The second-order valence-corrected chi connectivity index (χ2v) is 12.8. The lowest BCUT2D eigenvalue weighted by molar-refractivity contribution is -0.335. The van der Waals surface area contributed by atoms with Crippen molar-refractivity contribution >= 4 is 0 Å². The van der Waals surface area contributed by atoms with Gasteiger partial charge in [-0.1, -0.05) is 146 Å². The van der Waals surface area contributed by atoms with Gasteiger partial charge < -0.3 is 28.4 Å². The fourth-order valence-electron chi connectivity index (χ4n) is 6.66. The molecule has 1 fully saturated rings. The molecule has 0 N–H and O–H groups in total. The molecule has 252 valence electrons. The monoisotopic (exact) mass is 656 g/mol. The molecule has 1 saturated heterocycles. The third-order valence-electron chi connectivity index (χ3n) is 9.18. The highest BCUT2D eigenvalue weighted by atomic mass is 16.7. The Bertz CT molecular complexity index is 1660. The first-order valence-corrected chi connectivity index (χ1v) is 17.2. The molecule has 6 nitrogen and oxygen atoms in total. The largest absolute Gasteiger partial charge is 0.374 e. The van der Waals surface area contributed by atoms with Crippen molar-refractivity contribution in [3.8, 4) is 0 Å². The third-order valence-corrected chi connectivity index (χ3v) is 9.18. The predicted molar refractivity (Wildman–Crippen MR) is 189 cm³/mol. The second-order valence-electron chi connectivity index (χ2n) is 12.8. The minimum atomic E-state index is -0.703. The minimum Gasteiger partial charge on any atom is -0.374 e. The Morgan fingerprint density at radius 2 is 0.857 bits per heavy atom. The van der Waals surface area contributed by atoms with Crippen LogP contribution < -0.4 is 0 Å². The maximum atomic E-state index is 6.89. The molecule has 5 aromatic carbocycles. The van der Waals surface area contributed by atoms with Gasteiger partial charge in [-0.2, -0.15) is 0 Å². The smallest absolute Gasteiger partial charge is 0.187 e. The highest BCUT2D eigenvalue weighted by Gasteiger charge is 2.50. The molecule has 1 heterocycles. The van der Waals surface area contributed by atoms with Gasteiger partial charge in [0.15, 0.2) is 6.29 Å². The lowest BCUT2D eigenvalue weighted by Gasteiger charge is -2.46. The maximum Gasteiger partial charge on any atom is 0.187 e. The minimum absolute atomic E-state index is 0.0485. The Morgan fingerprint density at radius 3 is 1.35 bits per heavy atom. The van der Waals surface area contributed by atoms with Gasteiger partial charge in [0.1, 0.15) is 24.4 Å². The van der Waals surface area contributed by atoms with Crippen LogP contribution in [0.4, 0.5) is 0 Å². The van der Waals surface area contributed by atoms with Gasteiger partial charge in [-0.05, 0) is 46.2 Å². The summed E-state index contributed by atoms with van der Waals surface area (Å²) in [6.07, 6.45) is -1.17. The van der Waals surface area contributed by atoms with Crippen molar-refractivity contribution in [3.63, 3.8) is 0 Å². The first-order valence-electron chi connectivity index (χ1n) is 17.2. The van der Waals surface area contributed by atoms with E-state index in [4.69, 9.17) is 28.4 Å². The SMILES string of the molecule is c1ccc(COC[C@H]2O[C@H](OC3Cc4ccccc4C3)[C@H](OCc3ccccc3)[C@@H](OCc3ccccc3)[C@@H]2OCc2ccccc2)cc1. The molecule has 0 amide bonds. The van der Waals surface area contributed by atoms with Crippen LogP contribution in [0.5, 0.6) is 0 Å². The molecule has 5 atom stereocenters. The van der Waals surface area contributed by atoms with E-state index in [-0.39, 0.29) is 6.10 Å². The molecule has 0 aromatic heterocycles. The van der Waals surface area contributed by atoms with Gasteiger partial charge in [-0.3, -0.25) is 0 Å². The molecule has 5 aromatic rings. The van der Waals surface area contributed by atoms with Crippen molar-refractivity contribution < 1.29 is 28.4 Å². The van der Waals surface area contributed by atoms with Crippen LogP contribution in [0.1, 0.15) is 33.4 Å². The molecule has 49 heavy (non-hydrogen) atoms. The highest BCUT2D eigenvalue weighted by molar-refractivity contribution is 5.32. The van der Waals surface area contributed by atoms with E-state index in [0.717, 1.165) is 35.1 Å². The normalized spacial score (nSPS) is 22.2. The second kappa shape index (κ2) is 17.0. The molecule has 0 radical (unpaired) electrons. The number of rotatable bonds is 15. The molecular formula is C43H44O6. The number of fused-ring (bicyclic) bond motifs is 1. The van der Waals surface area contributed by atoms with Crippen LogP contribution in [0.3, 0.4) is 0 Å². The third kappa shape index (κ3) is 9.11. The van der Waals surface area contributed by atoms with Crippen molar-refractivity contribution in [2.75, 3.05) is 6.61 Å². The molecular weight excluding hydrogens is 612 g/mol. The zero-order valence-corrected chi connectivity index (χ0v) is 27.7. The number of hydrogen-bond donors (Lipinski definition) is 0. The zero-order valence-electron chi connectivity index (χ0n) is 27.7. The summed E-state index contributed by atoms with van der Waals surface area (Å²) in [6, 6.07) is 49.3. The molecule has 0 unspecified atom stereocenters. The van der Waals surface area contributed by atoms with Crippen LogP contribution in [0.15, 0.2) is 146 Å². The van der Waals surface area contributed by atoms with Gasteiger partial charge in [0, 0.05) is 0 Å². The number of hydrogen-bond acceptors (Lipinski definition) is 6. The zero-order chi connectivity index (χ0) is 33.1. The van der Waals surface area contributed by atoms with Gasteiger partial charge in [0.2, 0.25) is 0 Å². The summed E-state index contributed by atoms with van der Waals surface area (Å²) in [5.74, 6) is 0. The molecule has 2 aliphatic rings. The summed E-state index contributed by atoms with van der Waals surface area (Å²) >= 11 is 0. The molecule has 1 aliphatic carbocycles. The van der Waals surface area contributed by atoms with Crippen molar-refractivity contribution in [2.24, 2.45) is 0 Å². The van der Waals surface area contributed by atoms with E-state index < -0.39 is 30.7 Å². The Hall–Kier alpha value is -4.14. The first kappa shape index (κ1) is 33.4. The number of ether oxygens (including phenoxy) is 6. The van der Waals surface area contributed by atoms with E-state index in [9.17, 15) is 0 Å². The average Bonchev–Trinajstić information content (AvgIpc) is 3.57. The van der Waals surface area contributed by atoms with Crippen molar-refractivity contribution in [1.29, 1.82) is 0 Å². The van der Waals surface area contributed by atoms with Gasteiger partial charge in [-0.15, -0.1) is 0 Å². The van der Waals surface area contributed by atoms with Crippen LogP contribution in [-0.2, 0) is 67.7 Å². The number of benzene rings is 5. The molecule has 6 heteroatoms. The van der Waals surface area contributed by atoms with E-state index in [1.54, 1.807) is 0 Å². The van der Waals surface area contributed by atoms with Crippen LogP contribution in [0.2, 0.25) is 0 Å². The van der Waals surface area contributed by atoms with Crippen molar-refractivity contribution in [3.05, 3.63) is 179 Å². The lowest BCUT2D eigenvalue weighted by atomic mass is 9.97. The summed E-state index contributed by atoms with van der Waals surface area (Å²) in [4.78, 5) is 0. The van der Waals surface area contributed by atoms with Gasteiger partial charge in [-0.25, -0.2) is 0 Å². The van der Waals surface area contributed by atoms with Crippen LogP contribution in [0.25, 0.3) is 0 Å². The first-order chi connectivity index (χ1) is 24.3. The topological polar surface area (TPSA) is 55.4 Å². The summed E-state index contributed by atoms with van der Waals surface area (Å²) in [6.45, 7) is 1.92. The standard InChI is InChI=1S/C43H44O6/c1-5-15-32(16-6-1)27-44-31-39-40(45-28-33-17-7-2-8-18-33)41(46-29-34-19-9-3-10-20-34)42(47-30-35-21-11-4-12-22-35)43(49-39)48-38-25-36-23-13-14-24-37(36)26-38/h1-24,38-43H,25-31H2/t39-,40-,41+,42-,43+/m1/s1. The Labute approximate surface area is 289 Å². The van der Waals surface area contributed by atoms with Gasteiger partial charge in [0.25, 0.3) is 0 Å². The van der Waals surface area contributed by atoms with Crippen LogP contribution in [0, 0.1) is 0 Å². The molecule has 0 spiro atoms. The lowest BCUT2D eigenvalue weighted by Crippen LogP contribution is -2.62. The van der Waals surface area contributed by atoms with Crippen LogP contribution >= 0.6 is 0 Å². The summed E-state index contributed by atoms with van der Waals surface area (Å²) < 4.78 is 40.5. The summed E-state index contributed by atoms with van der Waals surface area (Å²) in [7, 11) is 0. The predicted octanol–water partition coefficient (Wildman–Crippen LogP) is 7.87. The Balaban J connectivity index is 1.19. The maximum absolute atomic E-state index is 6.89. The van der Waals surface area contributed by atoms with Crippen LogP contribution in [-0.4, -0.2) is 43.4 Å². The Morgan fingerprint density at radius 1 is 0.449 bits per heavy atom. The fraction of sp³-hybridized carbons (Fsp3) is 0.302. The van der Waals surface area contributed by atoms with E-state index in [1.807, 2.05) is 72.8 Å². The van der Waals surface area contributed by atoms with Gasteiger partial charge in [0.05, 0.1) is 39.1 Å². The Kier molecular flexibility index (Phi) is 11.6. The molecule has 0 bridgehead atoms. The van der Waals surface area contributed by atoms with E-state index >= 15 is 0 Å². The summed E-state index contributed by atoms with van der Waals surface area (Å²) in [5.41, 5.74) is 6.92. The molecule has 1 aliphatic heterocycles. The highest BCUT2D eigenvalue weighted by Crippen LogP contribution is 2.34. The quantitative estimate of drug-likeness (QED) is 0.114. The average molecular weight is 657 g/mol. The van der Waals surface area contributed by atoms with Crippen molar-refractivity contribution in [1.82, 2.24) is 0 Å². The van der Waals surface area contributed by atoms with Gasteiger partial charge >= 0.3 is 0 Å². The molecule has 7 rings (SSSR count). The molecule has 0 saturated carbocycles. The summed E-state index contributed by atoms with van der Waals surface area (Å²) in [5, 5.41) is 0. The fourth-order valence-corrected chi connectivity index (χ4v) is 6.66. The van der Waals surface area contributed by atoms with Crippen molar-refractivity contribution in [2.45, 2.75) is 76.1 Å².